The third-order valence-corrected chi connectivity index (χ3v) is 7.18. The molecule has 1 aliphatic rings. The Bertz CT molecular complexity index is 1050. The van der Waals surface area contributed by atoms with Crippen molar-refractivity contribution < 1.29 is 22.7 Å². The molecule has 2 aromatic carbocycles. The van der Waals surface area contributed by atoms with E-state index in [2.05, 4.69) is 15.5 Å². The summed E-state index contributed by atoms with van der Waals surface area (Å²) >= 11 is 0. The van der Waals surface area contributed by atoms with Crippen molar-refractivity contribution in [1.29, 1.82) is 0 Å². The highest BCUT2D eigenvalue weighted by atomic mass is 32.2. The molecule has 1 atom stereocenters. The molecule has 2 amide bonds. The zero-order chi connectivity index (χ0) is 23.8. The standard InChI is InChI=1S/C23H30N4O5S/c1-26(2)33(30,31)20-10-6-9-19(15-20)23(29)24-16-22(28)25-21(18-7-4-3-5-8-18)17-27-11-13-32-14-12-27/h3-10,15,21H,11-14,16-17H2,1-2H3,(H,24,29)(H,25,28). The summed E-state index contributed by atoms with van der Waals surface area (Å²) < 4.78 is 31.1. The minimum atomic E-state index is -3.66. The molecule has 0 radical (unpaired) electrons. The number of hydrogen-bond donors (Lipinski definition) is 2. The number of nitrogens with zero attached hydrogens (tertiary/aromatic N) is 2. The van der Waals surface area contributed by atoms with Crippen LogP contribution in [0.2, 0.25) is 0 Å². The lowest BCUT2D eigenvalue weighted by Crippen LogP contribution is -2.45. The van der Waals surface area contributed by atoms with Gasteiger partial charge >= 0.3 is 0 Å². The molecule has 3 rings (SSSR count). The SMILES string of the molecule is CN(C)S(=O)(=O)c1cccc(C(=O)NCC(=O)NC(CN2CCOCC2)c2ccccc2)c1. The second kappa shape index (κ2) is 11.4. The predicted molar refractivity (Wildman–Crippen MR) is 124 cm³/mol. The topological polar surface area (TPSA) is 108 Å². The van der Waals surface area contributed by atoms with Gasteiger partial charge in [-0.1, -0.05) is 36.4 Å². The van der Waals surface area contributed by atoms with Crippen LogP contribution in [-0.4, -0.2) is 82.9 Å². The van der Waals surface area contributed by atoms with Gasteiger partial charge in [0, 0.05) is 39.3 Å². The van der Waals surface area contributed by atoms with Gasteiger partial charge in [-0.3, -0.25) is 14.5 Å². The molecule has 0 aromatic heterocycles. The summed E-state index contributed by atoms with van der Waals surface area (Å²) in [5.41, 5.74) is 1.14. The first-order valence-corrected chi connectivity index (χ1v) is 12.2. The van der Waals surface area contributed by atoms with E-state index in [1.54, 1.807) is 0 Å². The number of nitrogens with one attached hydrogen (secondary N) is 2. The van der Waals surface area contributed by atoms with E-state index in [4.69, 9.17) is 4.74 Å². The van der Waals surface area contributed by atoms with Crippen molar-refractivity contribution in [3.63, 3.8) is 0 Å². The molecular formula is C23H30N4O5S. The van der Waals surface area contributed by atoms with Crippen molar-refractivity contribution in [2.24, 2.45) is 0 Å². The predicted octanol–water partition coefficient (Wildman–Crippen LogP) is 0.856. The van der Waals surface area contributed by atoms with E-state index in [-0.39, 0.29) is 29.0 Å². The van der Waals surface area contributed by atoms with Crippen LogP contribution in [0.1, 0.15) is 22.0 Å². The Morgan fingerprint density at radius 3 is 2.42 bits per heavy atom. The Kier molecular flexibility index (Phi) is 8.56. The zero-order valence-electron chi connectivity index (χ0n) is 18.9. The molecule has 0 saturated carbocycles. The lowest BCUT2D eigenvalue weighted by molar-refractivity contribution is -0.121. The first-order valence-electron chi connectivity index (χ1n) is 10.7. The van der Waals surface area contributed by atoms with Gasteiger partial charge in [0.25, 0.3) is 5.91 Å². The van der Waals surface area contributed by atoms with E-state index in [9.17, 15) is 18.0 Å². The molecule has 1 fully saturated rings. The average molecular weight is 475 g/mol. The van der Waals surface area contributed by atoms with Crippen LogP contribution in [0.25, 0.3) is 0 Å². The molecule has 9 nitrogen and oxygen atoms in total. The molecule has 33 heavy (non-hydrogen) atoms. The van der Waals surface area contributed by atoms with E-state index in [0.717, 1.165) is 23.0 Å². The summed E-state index contributed by atoms with van der Waals surface area (Å²) in [6.45, 7) is 3.32. The largest absolute Gasteiger partial charge is 0.379 e. The van der Waals surface area contributed by atoms with Crippen molar-refractivity contribution in [2.75, 3.05) is 53.5 Å². The third kappa shape index (κ3) is 6.84. The molecule has 0 aliphatic carbocycles. The summed E-state index contributed by atoms with van der Waals surface area (Å²) in [6.07, 6.45) is 0. The number of rotatable bonds is 9. The van der Waals surface area contributed by atoms with Crippen LogP contribution in [0, 0.1) is 0 Å². The molecule has 0 bridgehead atoms. The van der Waals surface area contributed by atoms with Crippen LogP contribution in [0.15, 0.2) is 59.5 Å². The van der Waals surface area contributed by atoms with E-state index in [1.165, 1.54) is 38.4 Å². The summed E-state index contributed by atoms with van der Waals surface area (Å²) in [4.78, 5) is 27.4. The monoisotopic (exact) mass is 474 g/mol. The minimum Gasteiger partial charge on any atom is -0.379 e. The van der Waals surface area contributed by atoms with Crippen LogP contribution in [0.4, 0.5) is 0 Å². The second-order valence-electron chi connectivity index (χ2n) is 7.94. The smallest absolute Gasteiger partial charge is 0.251 e. The minimum absolute atomic E-state index is 0.0132. The Hall–Kier alpha value is -2.79. The molecule has 1 aliphatic heterocycles. The molecule has 178 valence electrons. The van der Waals surface area contributed by atoms with Crippen LogP contribution in [0.3, 0.4) is 0 Å². The van der Waals surface area contributed by atoms with Gasteiger partial charge in [0.15, 0.2) is 0 Å². The average Bonchev–Trinajstić information content (AvgIpc) is 2.83. The van der Waals surface area contributed by atoms with Crippen LogP contribution in [-0.2, 0) is 19.6 Å². The number of carbonyl (C=O) groups excluding carboxylic acids is 2. The second-order valence-corrected chi connectivity index (χ2v) is 10.1. The quantitative estimate of drug-likeness (QED) is 0.558. The fraction of sp³-hybridized carbons (Fsp3) is 0.391. The van der Waals surface area contributed by atoms with Gasteiger partial charge in [-0.05, 0) is 23.8 Å². The van der Waals surface area contributed by atoms with Gasteiger partial charge in [-0.25, -0.2) is 12.7 Å². The Morgan fingerprint density at radius 1 is 1.06 bits per heavy atom. The van der Waals surface area contributed by atoms with Gasteiger partial charge in [0.1, 0.15) is 0 Å². The molecule has 10 heteroatoms. The Morgan fingerprint density at radius 2 is 1.76 bits per heavy atom. The van der Waals surface area contributed by atoms with Gasteiger partial charge < -0.3 is 15.4 Å². The summed E-state index contributed by atoms with van der Waals surface area (Å²) in [5, 5.41) is 5.57. The lowest BCUT2D eigenvalue weighted by atomic mass is 10.1. The van der Waals surface area contributed by atoms with Crippen molar-refractivity contribution in [2.45, 2.75) is 10.9 Å². The zero-order valence-corrected chi connectivity index (χ0v) is 19.7. The number of ether oxygens (including phenoxy) is 1. The van der Waals surface area contributed by atoms with E-state index in [1.807, 2.05) is 30.3 Å². The third-order valence-electron chi connectivity index (χ3n) is 5.37. The summed E-state index contributed by atoms with van der Waals surface area (Å²) in [5.74, 6) is -0.854. The van der Waals surface area contributed by atoms with Crippen molar-refractivity contribution in [1.82, 2.24) is 19.8 Å². The van der Waals surface area contributed by atoms with Crippen LogP contribution >= 0.6 is 0 Å². The number of hydrogen-bond acceptors (Lipinski definition) is 6. The van der Waals surface area contributed by atoms with Gasteiger partial charge in [0.2, 0.25) is 15.9 Å². The van der Waals surface area contributed by atoms with E-state index < -0.39 is 15.9 Å². The van der Waals surface area contributed by atoms with Crippen LogP contribution < -0.4 is 10.6 Å². The van der Waals surface area contributed by atoms with Crippen molar-refractivity contribution in [3.05, 3.63) is 65.7 Å². The fourth-order valence-electron chi connectivity index (χ4n) is 3.48. The first-order chi connectivity index (χ1) is 15.8. The first kappa shape index (κ1) is 24.8. The molecule has 1 saturated heterocycles. The van der Waals surface area contributed by atoms with Crippen molar-refractivity contribution in [3.8, 4) is 0 Å². The van der Waals surface area contributed by atoms with Gasteiger partial charge in [-0.15, -0.1) is 0 Å². The van der Waals surface area contributed by atoms with E-state index >= 15 is 0 Å². The molecule has 1 heterocycles. The maximum atomic E-state index is 12.6. The molecule has 2 aromatic rings. The van der Waals surface area contributed by atoms with Gasteiger partial charge in [0.05, 0.1) is 30.7 Å². The molecule has 0 spiro atoms. The van der Waals surface area contributed by atoms with Crippen LogP contribution in [0.5, 0.6) is 0 Å². The fourth-order valence-corrected chi connectivity index (χ4v) is 4.43. The normalized spacial score (nSPS) is 15.7. The number of amides is 2. The number of benzene rings is 2. The highest BCUT2D eigenvalue weighted by Crippen LogP contribution is 2.16. The number of sulfonamides is 1. The summed E-state index contributed by atoms with van der Waals surface area (Å²) in [7, 11) is -0.818. The summed E-state index contributed by atoms with van der Waals surface area (Å²) in [6, 6.07) is 15.2. The van der Waals surface area contributed by atoms with Gasteiger partial charge in [-0.2, -0.15) is 0 Å². The Labute approximate surface area is 194 Å². The lowest BCUT2D eigenvalue weighted by Gasteiger charge is -2.31. The van der Waals surface area contributed by atoms with E-state index in [0.29, 0.717) is 19.8 Å². The molecule has 1 unspecified atom stereocenters. The number of morpholine rings is 1. The Balaban J connectivity index is 1.62. The maximum absolute atomic E-state index is 12.6. The number of carbonyl (C=O) groups is 2. The molecule has 2 N–H and O–H groups in total. The highest BCUT2D eigenvalue weighted by molar-refractivity contribution is 7.89. The maximum Gasteiger partial charge on any atom is 0.251 e. The van der Waals surface area contributed by atoms with Crippen molar-refractivity contribution >= 4 is 21.8 Å². The molecular weight excluding hydrogens is 444 g/mol. The highest BCUT2D eigenvalue weighted by Gasteiger charge is 2.21.